The first-order chi connectivity index (χ1) is 11.6. The zero-order chi connectivity index (χ0) is 17.1. The quantitative estimate of drug-likeness (QED) is 0.558. The van der Waals surface area contributed by atoms with E-state index in [-0.39, 0.29) is 5.91 Å². The van der Waals surface area contributed by atoms with Gasteiger partial charge in [-0.05, 0) is 42.4 Å². The Morgan fingerprint density at radius 1 is 1.42 bits per heavy atom. The fourth-order valence-electron chi connectivity index (χ4n) is 2.31. The second-order valence-corrected chi connectivity index (χ2v) is 6.36. The van der Waals surface area contributed by atoms with Gasteiger partial charge in [-0.15, -0.1) is 0 Å². The topological polar surface area (TPSA) is 95.0 Å². The number of anilines is 1. The molecule has 0 bridgehead atoms. The zero-order valence-corrected chi connectivity index (χ0v) is 14.0. The van der Waals surface area contributed by atoms with Crippen LogP contribution in [0.3, 0.4) is 0 Å². The summed E-state index contributed by atoms with van der Waals surface area (Å²) in [5.74, 6) is -0.720. The lowest BCUT2D eigenvalue weighted by atomic mass is 10.1. The van der Waals surface area contributed by atoms with Gasteiger partial charge < -0.3 is 14.9 Å². The lowest BCUT2D eigenvalue weighted by Gasteiger charge is -2.14. The van der Waals surface area contributed by atoms with Gasteiger partial charge in [0.15, 0.2) is 13.0 Å². The monoisotopic (exact) mass is 344 g/mol. The van der Waals surface area contributed by atoms with Crippen molar-refractivity contribution in [1.82, 2.24) is 10.3 Å². The van der Waals surface area contributed by atoms with Crippen molar-refractivity contribution < 1.29 is 19.1 Å². The Kier molecular flexibility index (Phi) is 4.66. The van der Waals surface area contributed by atoms with Crippen molar-refractivity contribution >= 4 is 34.3 Å². The van der Waals surface area contributed by atoms with Crippen LogP contribution in [0, 0.1) is 0 Å². The number of carbonyl (C=O) groups excluding carboxylic acids is 1. The molecule has 124 valence electrons. The fraction of sp³-hybridized carbons (Fsp3) is 0.250. The summed E-state index contributed by atoms with van der Waals surface area (Å²) in [4.78, 5) is 16.9. The van der Waals surface area contributed by atoms with E-state index in [0.717, 1.165) is 22.7 Å². The molecule has 1 aromatic carbocycles. The Labute approximate surface area is 142 Å². The summed E-state index contributed by atoms with van der Waals surface area (Å²) in [6.07, 6.45) is 2.27. The second-order valence-electron chi connectivity index (χ2n) is 5.17. The molecule has 1 N–H and O–H groups in total. The lowest BCUT2D eigenvalue weighted by Crippen LogP contribution is -2.34. The van der Waals surface area contributed by atoms with E-state index < -0.39 is 11.2 Å². The third-order valence-corrected chi connectivity index (χ3v) is 5.02. The molecule has 0 radical (unpaired) electrons. The van der Waals surface area contributed by atoms with Crippen LogP contribution in [0.5, 0.6) is 5.95 Å². The molecule has 0 spiro atoms. The number of hydrogen-bond donors (Lipinski definition) is 1. The van der Waals surface area contributed by atoms with Crippen LogP contribution >= 0.6 is 11.8 Å². The van der Waals surface area contributed by atoms with Crippen LogP contribution < -0.4 is 15.1 Å². The highest BCUT2D eigenvalue weighted by atomic mass is 32.2. The van der Waals surface area contributed by atoms with Gasteiger partial charge in [0.1, 0.15) is 0 Å². The summed E-state index contributed by atoms with van der Waals surface area (Å²) in [6, 6.07) is 9.29. The molecule has 3 rings (SSSR count). The van der Waals surface area contributed by atoms with E-state index in [1.807, 2.05) is 37.3 Å². The van der Waals surface area contributed by atoms with Crippen molar-refractivity contribution in [2.45, 2.75) is 23.6 Å². The molecule has 7 nitrogen and oxygen atoms in total. The highest BCUT2D eigenvalue weighted by Crippen LogP contribution is 2.29. The lowest BCUT2D eigenvalue weighted by molar-refractivity contribution is -0.772. The number of fused-ring (bicyclic) bond motifs is 1. The molecule has 1 unspecified atom stereocenters. The van der Waals surface area contributed by atoms with Crippen LogP contribution in [-0.2, 0) is 11.8 Å². The van der Waals surface area contributed by atoms with Crippen LogP contribution in [0.1, 0.15) is 13.3 Å². The molecule has 0 saturated carbocycles. The minimum absolute atomic E-state index is 0.181. The summed E-state index contributed by atoms with van der Waals surface area (Å²) in [5.41, 5.74) is 1.50. The molecule has 1 amide bonds. The number of rotatable bonds is 5. The molecule has 0 saturated heterocycles. The number of nitrogens with one attached hydrogen (secondary N) is 1. The first-order valence-electron chi connectivity index (χ1n) is 7.44. The molecule has 3 aromatic rings. The SMILES string of the molecule is CCC(Sc1c([O-])on[n+]1C)C(=O)Nc1cccc2ncccc12. The number of aromatic nitrogens is 3. The van der Waals surface area contributed by atoms with Crippen molar-refractivity contribution in [3.63, 3.8) is 0 Å². The van der Waals surface area contributed by atoms with Gasteiger partial charge in [-0.25, -0.2) is 0 Å². The molecule has 1 atom stereocenters. The van der Waals surface area contributed by atoms with Gasteiger partial charge in [-0.1, -0.05) is 17.7 Å². The molecule has 2 aromatic heterocycles. The van der Waals surface area contributed by atoms with Gasteiger partial charge in [-0.2, -0.15) is 0 Å². The minimum Gasteiger partial charge on any atom is -0.538 e. The van der Waals surface area contributed by atoms with Crippen LogP contribution in [0.4, 0.5) is 5.69 Å². The average Bonchev–Trinajstić information content (AvgIpc) is 2.91. The molecular weight excluding hydrogens is 328 g/mol. The number of amides is 1. The summed E-state index contributed by atoms with van der Waals surface area (Å²) < 4.78 is 5.93. The first-order valence-corrected chi connectivity index (χ1v) is 8.32. The third-order valence-electron chi connectivity index (χ3n) is 3.54. The average molecular weight is 344 g/mol. The van der Waals surface area contributed by atoms with E-state index >= 15 is 0 Å². The number of hydrogen-bond acceptors (Lipinski definition) is 6. The summed E-state index contributed by atoms with van der Waals surface area (Å²) in [6.45, 7) is 1.89. The van der Waals surface area contributed by atoms with Crippen molar-refractivity contribution in [3.8, 4) is 5.95 Å². The van der Waals surface area contributed by atoms with Crippen LogP contribution in [0.15, 0.2) is 46.1 Å². The Morgan fingerprint density at radius 2 is 2.25 bits per heavy atom. The zero-order valence-electron chi connectivity index (χ0n) is 13.2. The van der Waals surface area contributed by atoms with Gasteiger partial charge in [0.2, 0.25) is 5.91 Å². The largest absolute Gasteiger partial charge is 0.538 e. The highest BCUT2D eigenvalue weighted by Gasteiger charge is 2.25. The molecular formula is C16H16N4O3S. The molecule has 8 heteroatoms. The fourth-order valence-corrected chi connectivity index (χ4v) is 3.24. The molecule has 0 aliphatic rings. The Bertz CT molecular complexity index is 856. The normalized spacial score (nSPS) is 12.2. The number of nitrogens with zero attached hydrogens (tertiary/aromatic N) is 3. The van der Waals surface area contributed by atoms with E-state index in [9.17, 15) is 9.90 Å². The maximum Gasteiger partial charge on any atom is 0.291 e. The van der Waals surface area contributed by atoms with Crippen LogP contribution in [0.25, 0.3) is 10.9 Å². The summed E-state index contributed by atoms with van der Waals surface area (Å²) >= 11 is 1.15. The standard InChI is InChI=1S/C16H16N4O3S/c1-3-13(24-15-16(22)23-19-20(15)2)14(21)18-12-8-4-7-11-10(12)6-5-9-17-11/h4-9,13H,3H2,1-2H3,(H-,17,18,19,21,22). The van der Waals surface area contributed by atoms with Crippen molar-refractivity contribution in [3.05, 3.63) is 36.5 Å². The molecule has 24 heavy (non-hydrogen) atoms. The summed E-state index contributed by atoms with van der Waals surface area (Å²) in [5, 5.41) is 18.9. The Hall–Kier alpha value is -2.61. The Morgan fingerprint density at radius 3 is 2.96 bits per heavy atom. The molecule has 2 heterocycles. The van der Waals surface area contributed by atoms with E-state index in [1.165, 1.54) is 4.68 Å². The van der Waals surface area contributed by atoms with Crippen LogP contribution in [-0.4, -0.2) is 21.4 Å². The van der Waals surface area contributed by atoms with Crippen molar-refractivity contribution in [2.24, 2.45) is 7.05 Å². The molecule has 0 aliphatic heterocycles. The number of pyridine rings is 1. The van der Waals surface area contributed by atoms with Gasteiger partial charge in [0.05, 0.1) is 21.7 Å². The van der Waals surface area contributed by atoms with E-state index in [1.54, 1.807) is 13.2 Å². The van der Waals surface area contributed by atoms with Gasteiger partial charge in [0, 0.05) is 11.6 Å². The predicted molar refractivity (Wildman–Crippen MR) is 87.4 cm³/mol. The van der Waals surface area contributed by atoms with Crippen LogP contribution in [0.2, 0.25) is 0 Å². The van der Waals surface area contributed by atoms with Crippen molar-refractivity contribution in [2.75, 3.05) is 5.32 Å². The number of thioether (sulfide) groups is 1. The van der Waals surface area contributed by atoms with Crippen molar-refractivity contribution in [1.29, 1.82) is 0 Å². The molecule has 0 aliphatic carbocycles. The predicted octanol–water partition coefficient (Wildman–Crippen LogP) is 1.63. The number of aryl methyl sites for hydroxylation is 1. The summed E-state index contributed by atoms with van der Waals surface area (Å²) in [7, 11) is 1.61. The maximum absolute atomic E-state index is 12.6. The maximum atomic E-state index is 12.6. The number of benzene rings is 1. The molecule has 0 fully saturated rings. The van der Waals surface area contributed by atoms with Gasteiger partial charge in [0.25, 0.3) is 5.03 Å². The van der Waals surface area contributed by atoms with Gasteiger partial charge >= 0.3 is 0 Å². The second kappa shape index (κ2) is 6.88. The highest BCUT2D eigenvalue weighted by molar-refractivity contribution is 8.00. The van der Waals surface area contributed by atoms with Gasteiger partial charge in [-0.3, -0.25) is 9.78 Å². The van der Waals surface area contributed by atoms with E-state index in [2.05, 4.69) is 20.1 Å². The smallest absolute Gasteiger partial charge is 0.291 e. The number of carbonyl (C=O) groups is 1. The van der Waals surface area contributed by atoms with E-state index in [0.29, 0.717) is 17.1 Å². The van der Waals surface area contributed by atoms with E-state index in [4.69, 9.17) is 0 Å². The first kappa shape index (κ1) is 16.3. The third kappa shape index (κ3) is 3.18. The Balaban J connectivity index is 1.82. The minimum atomic E-state index is -0.539.